The third kappa shape index (κ3) is 3.27. The summed E-state index contributed by atoms with van der Waals surface area (Å²) in [5.74, 6) is 2.16. The van der Waals surface area contributed by atoms with E-state index in [0.29, 0.717) is 17.8 Å². The van der Waals surface area contributed by atoms with Crippen LogP contribution in [0.5, 0.6) is 0 Å². The second-order valence-corrected chi connectivity index (χ2v) is 10.3. The van der Waals surface area contributed by atoms with Crippen molar-refractivity contribution in [1.29, 1.82) is 0 Å². The molecule has 0 radical (unpaired) electrons. The van der Waals surface area contributed by atoms with Crippen LogP contribution in [0.15, 0.2) is 30.9 Å². The van der Waals surface area contributed by atoms with Crippen molar-refractivity contribution >= 4 is 12.9 Å². The molecule has 3 aliphatic rings. The molecule has 1 N–H and O–H groups in total. The van der Waals surface area contributed by atoms with Gasteiger partial charge in [0.15, 0.2) is 0 Å². The number of hydrogen-bond donors (Lipinski definition) is 2. The summed E-state index contributed by atoms with van der Waals surface area (Å²) in [5.41, 5.74) is 1.88. The Labute approximate surface area is 175 Å². The average Bonchev–Trinajstić information content (AvgIpc) is 3.30. The third-order valence-corrected chi connectivity index (χ3v) is 9.37. The Hall–Kier alpha value is -0.780. The standard InChI is InChI=1S/C23H36N2O2S/c1-16-4-5-20-19(13-25-11-10-24-15-25)21(7-9-22(16,20)2)23(3)8-6-18(27-28)12-17(23)14-26/h10-11,15,17-21,26,28H,1,4-9,12-14H2,2-3H3/t17-,18+,19+,20?,21?,22-,23+/m1/s1. The average molecular weight is 405 g/mol. The fourth-order valence-corrected chi connectivity index (χ4v) is 7.35. The lowest BCUT2D eigenvalue weighted by Gasteiger charge is -2.56. The minimum absolute atomic E-state index is 0.147. The van der Waals surface area contributed by atoms with Crippen LogP contribution in [0.3, 0.4) is 0 Å². The van der Waals surface area contributed by atoms with Crippen LogP contribution < -0.4 is 0 Å². The van der Waals surface area contributed by atoms with Crippen molar-refractivity contribution in [2.45, 2.75) is 71.4 Å². The summed E-state index contributed by atoms with van der Waals surface area (Å²) in [7, 11) is 0. The van der Waals surface area contributed by atoms with Gasteiger partial charge in [-0.05, 0) is 92.4 Å². The van der Waals surface area contributed by atoms with Gasteiger partial charge in [-0.2, -0.15) is 0 Å². The van der Waals surface area contributed by atoms with Crippen molar-refractivity contribution in [1.82, 2.24) is 9.55 Å². The molecule has 0 amide bonds. The Morgan fingerprint density at radius 1 is 1.29 bits per heavy atom. The molecule has 4 nitrogen and oxygen atoms in total. The van der Waals surface area contributed by atoms with Gasteiger partial charge in [0.2, 0.25) is 0 Å². The molecule has 1 aromatic rings. The highest BCUT2D eigenvalue weighted by Gasteiger charge is 2.56. The second-order valence-electron chi connectivity index (χ2n) is 10.1. The maximum Gasteiger partial charge on any atom is 0.0946 e. The van der Waals surface area contributed by atoms with Crippen molar-refractivity contribution in [3.05, 3.63) is 30.9 Å². The summed E-state index contributed by atoms with van der Waals surface area (Å²) < 4.78 is 7.64. The van der Waals surface area contributed by atoms with E-state index in [1.165, 1.54) is 31.3 Å². The van der Waals surface area contributed by atoms with Gasteiger partial charge in [-0.15, -0.1) is 0 Å². The minimum Gasteiger partial charge on any atom is -0.396 e. The molecular weight excluding hydrogens is 368 g/mol. The van der Waals surface area contributed by atoms with E-state index in [-0.39, 0.29) is 29.5 Å². The topological polar surface area (TPSA) is 47.3 Å². The molecule has 1 heterocycles. The molecule has 156 valence electrons. The summed E-state index contributed by atoms with van der Waals surface area (Å²) >= 11 is 4.07. The van der Waals surface area contributed by atoms with E-state index in [1.807, 2.05) is 12.5 Å². The summed E-state index contributed by atoms with van der Waals surface area (Å²) in [5, 5.41) is 10.3. The first-order valence-electron chi connectivity index (χ1n) is 11.0. The van der Waals surface area contributed by atoms with Crippen molar-refractivity contribution < 1.29 is 9.29 Å². The monoisotopic (exact) mass is 404 g/mol. The lowest BCUT2D eigenvalue weighted by molar-refractivity contribution is -0.0920. The van der Waals surface area contributed by atoms with Gasteiger partial charge in [0, 0.05) is 25.5 Å². The van der Waals surface area contributed by atoms with E-state index in [0.717, 1.165) is 25.8 Å². The molecule has 7 atom stereocenters. The van der Waals surface area contributed by atoms with E-state index < -0.39 is 0 Å². The molecule has 0 saturated heterocycles. The first kappa shape index (κ1) is 20.5. The fraction of sp³-hybridized carbons (Fsp3) is 0.783. The Kier molecular flexibility index (Phi) is 5.71. The number of aliphatic hydroxyl groups is 1. The van der Waals surface area contributed by atoms with Gasteiger partial charge in [0.1, 0.15) is 0 Å². The quantitative estimate of drug-likeness (QED) is 0.416. The molecular formula is C23H36N2O2S. The van der Waals surface area contributed by atoms with Crippen molar-refractivity contribution in [2.24, 2.45) is 34.5 Å². The van der Waals surface area contributed by atoms with Crippen LogP contribution in [-0.4, -0.2) is 27.4 Å². The first-order chi connectivity index (χ1) is 13.4. The predicted octanol–water partition coefficient (Wildman–Crippen LogP) is 4.91. The molecule has 0 aliphatic heterocycles. The van der Waals surface area contributed by atoms with E-state index in [1.54, 1.807) is 0 Å². The Balaban J connectivity index is 1.67. The van der Waals surface area contributed by atoms with Crippen LogP contribution in [-0.2, 0) is 10.7 Å². The van der Waals surface area contributed by atoms with Gasteiger partial charge in [0.05, 0.1) is 12.4 Å². The molecule has 3 saturated carbocycles. The zero-order valence-electron chi connectivity index (χ0n) is 17.4. The summed E-state index contributed by atoms with van der Waals surface area (Å²) in [6, 6.07) is 0. The van der Waals surface area contributed by atoms with Crippen LogP contribution >= 0.6 is 12.9 Å². The largest absolute Gasteiger partial charge is 0.396 e. The third-order valence-electron chi connectivity index (χ3n) is 9.07. The van der Waals surface area contributed by atoms with Gasteiger partial charge >= 0.3 is 0 Å². The zero-order chi connectivity index (χ0) is 19.9. The SMILES string of the molecule is C=C1CCC2[C@H](Cn3ccnc3)C([C@@]3(C)CC[C@H](OS)C[C@@H]3CO)CC[C@]12C. The molecule has 4 rings (SSSR count). The summed E-state index contributed by atoms with van der Waals surface area (Å²) in [6.07, 6.45) is 14.1. The number of imidazole rings is 1. The van der Waals surface area contributed by atoms with Crippen LogP contribution in [0.4, 0.5) is 0 Å². The predicted molar refractivity (Wildman–Crippen MR) is 115 cm³/mol. The second kappa shape index (κ2) is 7.81. The van der Waals surface area contributed by atoms with Crippen LogP contribution in [0.25, 0.3) is 0 Å². The smallest absolute Gasteiger partial charge is 0.0946 e. The molecule has 5 heteroatoms. The number of nitrogens with zero attached hydrogens (tertiary/aromatic N) is 2. The van der Waals surface area contributed by atoms with E-state index >= 15 is 0 Å². The summed E-state index contributed by atoms with van der Waals surface area (Å²) in [4.78, 5) is 4.29. The molecule has 2 unspecified atom stereocenters. The molecule has 28 heavy (non-hydrogen) atoms. The highest BCUT2D eigenvalue weighted by molar-refractivity contribution is 7.75. The first-order valence-corrected chi connectivity index (χ1v) is 11.3. The Bertz CT molecular complexity index is 693. The minimum atomic E-state index is 0.147. The normalized spacial score (nSPS) is 43.9. The van der Waals surface area contributed by atoms with Crippen molar-refractivity contribution in [3.63, 3.8) is 0 Å². The van der Waals surface area contributed by atoms with Crippen LogP contribution in [0.1, 0.15) is 58.8 Å². The number of aliphatic hydroxyl groups excluding tert-OH is 1. The number of hydrogen-bond acceptors (Lipinski definition) is 4. The van der Waals surface area contributed by atoms with Gasteiger partial charge in [-0.3, -0.25) is 0 Å². The van der Waals surface area contributed by atoms with Crippen LogP contribution in [0.2, 0.25) is 0 Å². The van der Waals surface area contributed by atoms with Gasteiger partial charge in [-0.25, -0.2) is 4.98 Å². The summed E-state index contributed by atoms with van der Waals surface area (Å²) in [6.45, 7) is 10.6. The molecule has 3 aliphatic carbocycles. The Morgan fingerprint density at radius 2 is 2.11 bits per heavy atom. The van der Waals surface area contributed by atoms with Crippen LogP contribution in [0, 0.1) is 34.5 Å². The van der Waals surface area contributed by atoms with Crippen molar-refractivity contribution in [3.8, 4) is 0 Å². The molecule has 0 bridgehead atoms. The number of thiol groups is 1. The molecule has 0 aromatic carbocycles. The molecule has 0 spiro atoms. The highest BCUT2D eigenvalue weighted by Crippen LogP contribution is 2.63. The lowest BCUT2D eigenvalue weighted by atomic mass is 9.49. The maximum absolute atomic E-state index is 10.3. The molecule has 1 aromatic heterocycles. The number of aromatic nitrogens is 2. The van der Waals surface area contributed by atoms with E-state index in [9.17, 15) is 5.11 Å². The lowest BCUT2D eigenvalue weighted by Crippen LogP contribution is -2.52. The Morgan fingerprint density at radius 3 is 2.79 bits per heavy atom. The zero-order valence-corrected chi connectivity index (χ0v) is 18.3. The number of fused-ring (bicyclic) bond motifs is 1. The van der Waals surface area contributed by atoms with Gasteiger partial charge < -0.3 is 13.9 Å². The number of allylic oxidation sites excluding steroid dienone is 1. The van der Waals surface area contributed by atoms with Crippen molar-refractivity contribution in [2.75, 3.05) is 6.61 Å². The van der Waals surface area contributed by atoms with E-state index in [4.69, 9.17) is 4.18 Å². The highest BCUT2D eigenvalue weighted by atomic mass is 32.1. The molecule has 3 fully saturated rings. The van der Waals surface area contributed by atoms with E-state index in [2.05, 4.69) is 49.1 Å². The van der Waals surface area contributed by atoms with Gasteiger partial charge in [0.25, 0.3) is 0 Å². The van der Waals surface area contributed by atoms with Gasteiger partial charge in [-0.1, -0.05) is 26.0 Å². The fourth-order valence-electron chi connectivity index (χ4n) is 7.15. The number of rotatable bonds is 5. The maximum atomic E-state index is 10.3.